The molecule has 6 nitrogen and oxygen atoms in total. The lowest BCUT2D eigenvalue weighted by Crippen LogP contribution is -2.37. The molecule has 0 spiro atoms. The number of carboxylic acid groups (broad SMARTS) is 1. The number of ether oxygens (including phenoxy) is 1. The Kier molecular flexibility index (Phi) is 6.57. The molecule has 0 fully saturated rings. The van der Waals surface area contributed by atoms with Crippen LogP contribution in [0.5, 0.6) is 0 Å². The number of methoxy groups -OCH3 is 1. The molecule has 0 radical (unpaired) electrons. The van der Waals surface area contributed by atoms with E-state index in [1.165, 1.54) is 7.11 Å². The molecule has 1 atom stereocenters. The van der Waals surface area contributed by atoms with Crippen LogP contribution in [0.25, 0.3) is 0 Å². The summed E-state index contributed by atoms with van der Waals surface area (Å²) in [7, 11) is 1.41. The summed E-state index contributed by atoms with van der Waals surface area (Å²) >= 11 is 2.15. The van der Waals surface area contributed by atoms with E-state index in [2.05, 4.69) is 33.2 Å². The monoisotopic (exact) mass is 378 g/mol. The minimum absolute atomic E-state index is 0.137. The van der Waals surface area contributed by atoms with Gasteiger partial charge in [-0.25, -0.2) is 4.79 Å². The molecule has 1 unspecified atom stereocenters. The Bertz CT molecular complexity index is 453. The summed E-state index contributed by atoms with van der Waals surface area (Å²) in [5.41, 5.74) is 0.677. The standard InChI is InChI=1S/C12H15IN2O4/c1-19-10(6-11(16)17)7-14-12(18)15-9-4-2-3-8(13)5-9/h2-5,10H,6-7H2,1H3,(H,16,17)(H2,14,15,18). The smallest absolute Gasteiger partial charge is 0.319 e. The summed E-state index contributed by atoms with van der Waals surface area (Å²) in [6.07, 6.45) is -0.695. The summed E-state index contributed by atoms with van der Waals surface area (Å²) in [6.45, 7) is 0.137. The highest BCUT2D eigenvalue weighted by Crippen LogP contribution is 2.11. The number of hydrogen-bond acceptors (Lipinski definition) is 3. The topological polar surface area (TPSA) is 87.7 Å². The number of anilines is 1. The van der Waals surface area contributed by atoms with E-state index in [0.29, 0.717) is 5.69 Å². The SMILES string of the molecule is COC(CNC(=O)Nc1cccc(I)c1)CC(=O)O. The Morgan fingerprint density at radius 3 is 2.79 bits per heavy atom. The van der Waals surface area contributed by atoms with Crippen LogP contribution in [-0.4, -0.2) is 36.9 Å². The molecule has 1 aromatic rings. The molecule has 0 aromatic heterocycles. The maximum absolute atomic E-state index is 11.6. The average molecular weight is 378 g/mol. The molecule has 2 amide bonds. The number of amides is 2. The van der Waals surface area contributed by atoms with E-state index in [4.69, 9.17) is 9.84 Å². The second kappa shape index (κ2) is 7.95. The number of aliphatic carboxylic acids is 1. The third kappa shape index (κ3) is 6.39. The van der Waals surface area contributed by atoms with Gasteiger partial charge in [0.2, 0.25) is 0 Å². The first-order valence-corrected chi connectivity index (χ1v) is 6.64. The predicted octanol–water partition coefficient (Wildman–Crippen LogP) is 1.90. The van der Waals surface area contributed by atoms with Crippen molar-refractivity contribution in [2.45, 2.75) is 12.5 Å². The van der Waals surface area contributed by atoms with Gasteiger partial charge in [0.15, 0.2) is 0 Å². The third-order valence-corrected chi connectivity index (χ3v) is 2.98. The minimum atomic E-state index is -0.966. The fourth-order valence-corrected chi connectivity index (χ4v) is 1.92. The van der Waals surface area contributed by atoms with E-state index in [-0.39, 0.29) is 13.0 Å². The number of urea groups is 1. The predicted molar refractivity (Wildman–Crippen MR) is 79.2 cm³/mol. The second-order valence-electron chi connectivity index (χ2n) is 3.80. The van der Waals surface area contributed by atoms with E-state index in [1.807, 2.05) is 18.2 Å². The van der Waals surface area contributed by atoms with Crippen molar-refractivity contribution in [3.63, 3.8) is 0 Å². The molecule has 104 valence electrons. The molecule has 0 aliphatic heterocycles. The van der Waals surface area contributed by atoms with Crippen LogP contribution in [-0.2, 0) is 9.53 Å². The van der Waals surface area contributed by atoms with Crippen LogP contribution in [0.1, 0.15) is 6.42 Å². The van der Waals surface area contributed by atoms with Gasteiger partial charge in [0.1, 0.15) is 0 Å². The molecule has 7 heteroatoms. The van der Waals surface area contributed by atoms with E-state index >= 15 is 0 Å². The number of halogens is 1. The zero-order valence-electron chi connectivity index (χ0n) is 10.4. The number of nitrogens with one attached hydrogen (secondary N) is 2. The van der Waals surface area contributed by atoms with Gasteiger partial charge in [0.25, 0.3) is 0 Å². The van der Waals surface area contributed by atoms with Crippen molar-refractivity contribution in [3.8, 4) is 0 Å². The Balaban J connectivity index is 2.40. The molecule has 3 N–H and O–H groups in total. The van der Waals surface area contributed by atoms with Gasteiger partial charge in [0.05, 0.1) is 12.5 Å². The molecular weight excluding hydrogens is 363 g/mol. The molecule has 0 saturated carbocycles. The molecule has 1 rings (SSSR count). The number of hydrogen-bond donors (Lipinski definition) is 3. The average Bonchev–Trinajstić information content (AvgIpc) is 2.34. The molecular formula is C12H15IN2O4. The first kappa shape index (κ1) is 15.7. The lowest BCUT2D eigenvalue weighted by Gasteiger charge is -2.14. The van der Waals surface area contributed by atoms with Crippen molar-refractivity contribution < 1.29 is 19.4 Å². The van der Waals surface area contributed by atoms with Gasteiger partial charge < -0.3 is 20.5 Å². The first-order chi connectivity index (χ1) is 9.01. The van der Waals surface area contributed by atoms with Crippen molar-refractivity contribution in [2.24, 2.45) is 0 Å². The Morgan fingerprint density at radius 2 is 2.21 bits per heavy atom. The molecule has 1 aromatic carbocycles. The van der Waals surface area contributed by atoms with Gasteiger partial charge >= 0.3 is 12.0 Å². The highest BCUT2D eigenvalue weighted by molar-refractivity contribution is 14.1. The molecule has 19 heavy (non-hydrogen) atoms. The molecule has 0 bridgehead atoms. The van der Waals surface area contributed by atoms with Gasteiger partial charge in [0, 0.05) is 22.9 Å². The van der Waals surface area contributed by atoms with Crippen LogP contribution in [0.4, 0.5) is 10.5 Å². The number of carbonyl (C=O) groups excluding carboxylic acids is 1. The van der Waals surface area contributed by atoms with Crippen molar-refractivity contribution in [2.75, 3.05) is 19.0 Å². The van der Waals surface area contributed by atoms with Crippen molar-refractivity contribution in [3.05, 3.63) is 27.8 Å². The number of benzene rings is 1. The van der Waals surface area contributed by atoms with Crippen molar-refractivity contribution in [1.29, 1.82) is 0 Å². The van der Waals surface area contributed by atoms with Crippen LogP contribution < -0.4 is 10.6 Å². The zero-order chi connectivity index (χ0) is 14.3. The highest BCUT2D eigenvalue weighted by atomic mass is 127. The Morgan fingerprint density at radius 1 is 1.47 bits per heavy atom. The number of carboxylic acids is 1. The quantitative estimate of drug-likeness (QED) is 0.660. The molecule has 0 aliphatic carbocycles. The van der Waals surface area contributed by atoms with Crippen LogP contribution in [0.3, 0.4) is 0 Å². The number of carbonyl (C=O) groups is 2. The van der Waals surface area contributed by atoms with Crippen LogP contribution >= 0.6 is 22.6 Å². The van der Waals surface area contributed by atoms with Gasteiger partial charge in [-0.05, 0) is 40.8 Å². The maximum Gasteiger partial charge on any atom is 0.319 e. The molecule has 0 heterocycles. The number of rotatable bonds is 6. The summed E-state index contributed by atoms with van der Waals surface area (Å²) < 4.78 is 5.97. The van der Waals surface area contributed by atoms with E-state index in [9.17, 15) is 9.59 Å². The summed E-state index contributed by atoms with van der Waals surface area (Å²) in [6, 6.07) is 6.95. The lowest BCUT2D eigenvalue weighted by molar-refractivity contribution is -0.139. The normalized spacial score (nSPS) is 11.7. The van der Waals surface area contributed by atoms with Crippen LogP contribution in [0.2, 0.25) is 0 Å². The largest absolute Gasteiger partial charge is 0.481 e. The molecule has 0 saturated heterocycles. The molecule has 0 aliphatic rings. The van der Waals surface area contributed by atoms with Crippen molar-refractivity contribution in [1.82, 2.24) is 5.32 Å². The van der Waals surface area contributed by atoms with Crippen LogP contribution in [0.15, 0.2) is 24.3 Å². The lowest BCUT2D eigenvalue weighted by atomic mass is 10.2. The van der Waals surface area contributed by atoms with Gasteiger partial charge in [-0.2, -0.15) is 0 Å². The third-order valence-electron chi connectivity index (χ3n) is 2.31. The second-order valence-corrected chi connectivity index (χ2v) is 5.05. The van der Waals surface area contributed by atoms with E-state index in [1.54, 1.807) is 6.07 Å². The first-order valence-electron chi connectivity index (χ1n) is 5.56. The fraction of sp³-hybridized carbons (Fsp3) is 0.333. The summed E-state index contributed by atoms with van der Waals surface area (Å²) in [5.74, 6) is -0.966. The van der Waals surface area contributed by atoms with Crippen molar-refractivity contribution >= 4 is 40.3 Å². The van der Waals surface area contributed by atoms with Crippen LogP contribution in [0, 0.1) is 3.57 Å². The zero-order valence-corrected chi connectivity index (χ0v) is 12.5. The van der Waals surface area contributed by atoms with Gasteiger partial charge in [-0.15, -0.1) is 0 Å². The van der Waals surface area contributed by atoms with Gasteiger partial charge in [-0.3, -0.25) is 4.79 Å². The summed E-state index contributed by atoms with van der Waals surface area (Å²) in [5, 5.41) is 13.9. The van der Waals surface area contributed by atoms with Gasteiger partial charge in [-0.1, -0.05) is 6.07 Å². The Hall–Kier alpha value is -1.35. The minimum Gasteiger partial charge on any atom is -0.481 e. The Labute approximate surface area is 124 Å². The maximum atomic E-state index is 11.6. The van der Waals surface area contributed by atoms with E-state index in [0.717, 1.165) is 3.57 Å². The van der Waals surface area contributed by atoms with E-state index < -0.39 is 18.1 Å². The summed E-state index contributed by atoms with van der Waals surface area (Å²) in [4.78, 5) is 22.1. The fourth-order valence-electron chi connectivity index (χ4n) is 1.38. The highest BCUT2D eigenvalue weighted by Gasteiger charge is 2.13.